The minimum absolute atomic E-state index is 0.00594. The summed E-state index contributed by atoms with van der Waals surface area (Å²) in [4.78, 5) is 39.1. The molecule has 138 valence electrons. The molecule has 1 N–H and O–H groups in total. The van der Waals surface area contributed by atoms with Gasteiger partial charge in [-0.1, -0.05) is 0 Å². The molecule has 0 spiro atoms. The number of carbonyl (C=O) groups excluding carboxylic acids is 2. The Kier molecular flexibility index (Phi) is 6.55. The molecule has 1 aliphatic rings. The van der Waals surface area contributed by atoms with Gasteiger partial charge in [0.1, 0.15) is 6.04 Å². The molecule has 0 radical (unpaired) electrons. The molecule has 25 heavy (non-hydrogen) atoms. The Morgan fingerprint density at radius 1 is 1.36 bits per heavy atom. The lowest BCUT2D eigenvalue weighted by atomic mass is 9.98. The second kappa shape index (κ2) is 8.64. The zero-order valence-corrected chi connectivity index (χ0v) is 14.8. The Morgan fingerprint density at radius 3 is 2.76 bits per heavy atom. The maximum atomic E-state index is 12.6. The van der Waals surface area contributed by atoms with Crippen molar-refractivity contribution < 1.29 is 19.5 Å². The summed E-state index contributed by atoms with van der Waals surface area (Å²) in [5, 5.41) is 12.9. The van der Waals surface area contributed by atoms with Gasteiger partial charge in [0, 0.05) is 38.4 Å². The molecule has 0 saturated carbocycles. The van der Waals surface area contributed by atoms with E-state index >= 15 is 0 Å². The molecular weight excluding hydrogens is 324 g/mol. The zero-order valence-electron chi connectivity index (χ0n) is 14.8. The average molecular weight is 350 g/mol. The van der Waals surface area contributed by atoms with Crippen molar-refractivity contribution in [1.82, 2.24) is 19.6 Å². The first-order chi connectivity index (χ1) is 11.9. The number of piperidine rings is 1. The van der Waals surface area contributed by atoms with Crippen LogP contribution in [0.2, 0.25) is 0 Å². The van der Waals surface area contributed by atoms with Gasteiger partial charge in [-0.2, -0.15) is 5.10 Å². The maximum absolute atomic E-state index is 12.6. The molecule has 8 heteroatoms. The van der Waals surface area contributed by atoms with Crippen LogP contribution in [0.25, 0.3) is 0 Å². The third-order valence-electron chi connectivity index (χ3n) is 4.67. The highest BCUT2D eigenvalue weighted by Crippen LogP contribution is 2.21. The second-order valence-electron chi connectivity index (χ2n) is 6.53. The molecule has 2 atom stereocenters. The van der Waals surface area contributed by atoms with E-state index in [4.69, 9.17) is 5.11 Å². The summed E-state index contributed by atoms with van der Waals surface area (Å²) in [5.74, 6) is -1.16. The van der Waals surface area contributed by atoms with E-state index in [0.29, 0.717) is 13.0 Å². The summed E-state index contributed by atoms with van der Waals surface area (Å²) in [6.45, 7) is 2.36. The number of aliphatic carboxylic acids is 1. The fourth-order valence-electron chi connectivity index (χ4n) is 3.23. The Morgan fingerprint density at radius 2 is 2.12 bits per heavy atom. The molecular formula is C17H26N4O4. The summed E-state index contributed by atoms with van der Waals surface area (Å²) in [5.41, 5.74) is 0. The summed E-state index contributed by atoms with van der Waals surface area (Å²) < 4.78 is 1.56. The molecule has 1 aromatic heterocycles. The fourth-order valence-corrected chi connectivity index (χ4v) is 3.23. The minimum atomic E-state index is -0.849. The molecule has 2 heterocycles. The quantitative estimate of drug-likeness (QED) is 0.796. The molecule has 0 aromatic carbocycles. The van der Waals surface area contributed by atoms with Crippen LogP contribution in [-0.2, 0) is 14.4 Å². The van der Waals surface area contributed by atoms with E-state index in [0.717, 1.165) is 19.3 Å². The Balaban J connectivity index is 1.94. The topological polar surface area (TPSA) is 95.7 Å². The molecule has 2 amide bonds. The summed E-state index contributed by atoms with van der Waals surface area (Å²) >= 11 is 0. The van der Waals surface area contributed by atoms with Gasteiger partial charge >= 0.3 is 5.97 Å². The van der Waals surface area contributed by atoms with E-state index in [1.54, 1.807) is 42.0 Å². The third-order valence-corrected chi connectivity index (χ3v) is 4.67. The van der Waals surface area contributed by atoms with Gasteiger partial charge < -0.3 is 14.9 Å². The van der Waals surface area contributed by atoms with Gasteiger partial charge in [-0.3, -0.25) is 19.1 Å². The number of nitrogens with zero attached hydrogens (tertiary/aromatic N) is 4. The highest BCUT2D eigenvalue weighted by Gasteiger charge is 2.29. The first kappa shape index (κ1) is 19.0. The predicted octanol–water partition coefficient (Wildman–Crippen LogP) is 1.15. The van der Waals surface area contributed by atoms with Crippen molar-refractivity contribution in [3.8, 4) is 0 Å². The van der Waals surface area contributed by atoms with Gasteiger partial charge in [0.25, 0.3) is 0 Å². The van der Waals surface area contributed by atoms with Crippen LogP contribution in [0.15, 0.2) is 18.5 Å². The minimum Gasteiger partial charge on any atom is -0.481 e. The van der Waals surface area contributed by atoms with Crippen molar-refractivity contribution >= 4 is 17.8 Å². The van der Waals surface area contributed by atoms with Crippen LogP contribution in [0.5, 0.6) is 0 Å². The smallest absolute Gasteiger partial charge is 0.303 e. The van der Waals surface area contributed by atoms with Crippen LogP contribution in [0.1, 0.15) is 45.1 Å². The van der Waals surface area contributed by atoms with Crippen molar-refractivity contribution in [3.05, 3.63) is 18.5 Å². The van der Waals surface area contributed by atoms with Crippen molar-refractivity contribution in [3.63, 3.8) is 0 Å². The molecule has 0 aliphatic carbocycles. The van der Waals surface area contributed by atoms with E-state index in [1.807, 2.05) is 0 Å². The Hall–Kier alpha value is -2.38. The molecule has 1 aromatic rings. The Bertz CT molecular complexity index is 602. The van der Waals surface area contributed by atoms with Crippen LogP contribution in [0, 0.1) is 0 Å². The number of rotatable bonds is 7. The number of hydrogen-bond donors (Lipinski definition) is 1. The lowest BCUT2D eigenvalue weighted by molar-refractivity contribution is -0.144. The monoisotopic (exact) mass is 350 g/mol. The van der Waals surface area contributed by atoms with Crippen molar-refractivity contribution in [2.75, 3.05) is 20.1 Å². The molecule has 1 fully saturated rings. The molecule has 8 nitrogen and oxygen atoms in total. The summed E-state index contributed by atoms with van der Waals surface area (Å²) in [7, 11) is 1.61. The number of likely N-dealkylation sites (N-methyl/N-ethyl adjacent to an activating group) is 1. The predicted molar refractivity (Wildman–Crippen MR) is 90.8 cm³/mol. The maximum Gasteiger partial charge on any atom is 0.303 e. The number of amides is 2. The number of hydrogen-bond acceptors (Lipinski definition) is 4. The van der Waals surface area contributed by atoms with E-state index in [-0.39, 0.29) is 30.8 Å². The van der Waals surface area contributed by atoms with Gasteiger partial charge in [0.05, 0.1) is 6.54 Å². The van der Waals surface area contributed by atoms with E-state index in [2.05, 4.69) is 5.10 Å². The SMILES string of the molecule is CC(C(=O)N(C)CC(=O)N1CCCCC1CCC(=O)O)n1cccn1. The molecule has 2 unspecified atom stereocenters. The van der Waals surface area contributed by atoms with E-state index in [9.17, 15) is 14.4 Å². The van der Waals surface area contributed by atoms with Gasteiger partial charge in [-0.25, -0.2) is 0 Å². The first-order valence-corrected chi connectivity index (χ1v) is 8.65. The molecule has 1 saturated heterocycles. The van der Waals surface area contributed by atoms with Gasteiger partial charge in [0.15, 0.2) is 0 Å². The highest BCUT2D eigenvalue weighted by molar-refractivity contribution is 5.86. The molecule has 2 rings (SSSR count). The fraction of sp³-hybridized carbons (Fsp3) is 0.647. The molecule has 0 bridgehead atoms. The standard InChI is InChI=1S/C17H26N4O4/c1-13(21-11-5-9-18-21)17(25)19(2)12-15(22)20-10-4-3-6-14(20)7-8-16(23)24/h5,9,11,13-14H,3-4,6-8,10,12H2,1-2H3,(H,23,24). The summed E-state index contributed by atoms with van der Waals surface area (Å²) in [6.07, 6.45) is 6.57. The second-order valence-corrected chi connectivity index (χ2v) is 6.53. The first-order valence-electron chi connectivity index (χ1n) is 8.65. The van der Waals surface area contributed by atoms with Crippen LogP contribution in [0.4, 0.5) is 0 Å². The van der Waals surface area contributed by atoms with Gasteiger partial charge in [-0.05, 0) is 38.7 Å². The summed E-state index contributed by atoms with van der Waals surface area (Å²) in [6, 6.07) is 1.22. The molecule has 1 aliphatic heterocycles. The van der Waals surface area contributed by atoms with Crippen LogP contribution in [0.3, 0.4) is 0 Å². The van der Waals surface area contributed by atoms with E-state index < -0.39 is 12.0 Å². The van der Waals surface area contributed by atoms with Crippen molar-refractivity contribution in [2.24, 2.45) is 0 Å². The highest BCUT2D eigenvalue weighted by atomic mass is 16.4. The average Bonchev–Trinajstić information content (AvgIpc) is 3.13. The normalized spacial score (nSPS) is 18.6. The lowest BCUT2D eigenvalue weighted by Gasteiger charge is -2.36. The van der Waals surface area contributed by atoms with Crippen molar-refractivity contribution in [1.29, 1.82) is 0 Å². The number of likely N-dealkylation sites (tertiary alicyclic amines) is 1. The number of carboxylic acids is 1. The number of carbonyl (C=O) groups is 3. The Labute approximate surface area is 147 Å². The number of carboxylic acid groups (broad SMARTS) is 1. The van der Waals surface area contributed by atoms with Crippen molar-refractivity contribution in [2.45, 2.75) is 51.1 Å². The third kappa shape index (κ3) is 5.04. The van der Waals surface area contributed by atoms with Gasteiger partial charge in [-0.15, -0.1) is 0 Å². The van der Waals surface area contributed by atoms with Crippen LogP contribution < -0.4 is 0 Å². The number of aromatic nitrogens is 2. The zero-order chi connectivity index (χ0) is 18.4. The largest absolute Gasteiger partial charge is 0.481 e. The van der Waals surface area contributed by atoms with E-state index in [1.165, 1.54) is 4.90 Å². The van der Waals surface area contributed by atoms with Crippen LogP contribution >= 0.6 is 0 Å². The van der Waals surface area contributed by atoms with Gasteiger partial charge in [0.2, 0.25) is 11.8 Å². The van der Waals surface area contributed by atoms with Crippen LogP contribution in [-0.4, -0.2) is 68.6 Å². The lowest BCUT2D eigenvalue weighted by Crippen LogP contribution is -2.49.